The number of ketones is 1. The summed E-state index contributed by atoms with van der Waals surface area (Å²) < 4.78 is 6.95. The first-order valence-corrected chi connectivity index (χ1v) is 10.6. The van der Waals surface area contributed by atoms with Gasteiger partial charge in [0.05, 0.1) is 23.8 Å². The normalized spacial score (nSPS) is 12.2. The summed E-state index contributed by atoms with van der Waals surface area (Å²) in [5.41, 5.74) is 0.826. The zero-order chi connectivity index (χ0) is 21.7. The lowest BCUT2D eigenvalue weighted by molar-refractivity contribution is -0.135. The van der Waals surface area contributed by atoms with Crippen molar-refractivity contribution in [3.05, 3.63) is 89.3 Å². The van der Waals surface area contributed by atoms with Crippen LogP contribution in [0.5, 0.6) is 0 Å². The minimum absolute atomic E-state index is 0.207. The van der Waals surface area contributed by atoms with E-state index in [-0.39, 0.29) is 24.5 Å². The minimum Gasteiger partial charge on any atom is -0.463 e. The van der Waals surface area contributed by atoms with E-state index in [0.29, 0.717) is 24.8 Å². The van der Waals surface area contributed by atoms with Crippen molar-refractivity contribution in [1.29, 1.82) is 0 Å². The van der Waals surface area contributed by atoms with Gasteiger partial charge in [-0.25, -0.2) is 4.79 Å². The number of carbonyl (C=O) groups is 2. The summed E-state index contributed by atoms with van der Waals surface area (Å²) in [7, 11) is 0. The van der Waals surface area contributed by atoms with Crippen LogP contribution in [0.15, 0.2) is 53.3 Å². The fraction of sp³-hybridized carbons (Fsp3) is 0.136. The standard InChI is InChI=1S/C22H17Cl2NO4S/c1-2-29-21(27)12-20-25(13-18(26)15-5-9-17(24)10-6-15)22(28)19(30-20)11-14-3-7-16(23)8-4-14/h3-12H,2,13H2,1H3/b19-11-,20-12-. The van der Waals surface area contributed by atoms with Gasteiger partial charge in [0, 0.05) is 15.6 Å². The van der Waals surface area contributed by atoms with E-state index in [4.69, 9.17) is 27.9 Å². The van der Waals surface area contributed by atoms with Crippen LogP contribution in [0, 0.1) is 0 Å². The zero-order valence-corrected chi connectivity index (χ0v) is 18.3. The largest absolute Gasteiger partial charge is 0.463 e. The molecule has 0 aliphatic rings. The van der Waals surface area contributed by atoms with E-state index in [2.05, 4.69) is 0 Å². The Kier molecular flexibility index (Phi) is 7.26. The van der Waals surface area contributed by atoms with Gasteiger partial charge in [0.15, 0.2) is 5.78 Å². The molecular weight excluding hydrogens is 445 g/mol. The average Bonchev–Trinajstić information content (AvgIpc) is 2.99. The molecule has 1 heterocycles. The van der Waals surface area contributed by atoms with Crippen molar-refractivity contribution in [2.75, 3.05) is 6.61 Å². The van der Waals surface area contributed by atoms with Gasteiger partial charge in [-0.05, 0) is 55.0 Å². The Morgan fingerprint density at radius 3 is 2.23 bits per heavy atom. The topological polar surface area (TPSA) is 65.4 Å². The summed E-state index contributed by atoms with van der Waals surface area (Å²) in [6.45, 7) is 1.69. The summed E-state index contributed by atoms with van der Waals surface area (Å²) in [5, 5.41) is 1.09. The van der Waals surface area contributed by atoms with Gasteiger partial charge in [-0.3, -0.25) is 14.2 Å². The minimum atomic E-state index is -0.579. The molecule has 154 valence electrons. The van der Waals surface area contributed by atoms with Crippen molar-refractivity contribution in [3.63, 3.8) is 0 Å². The van der Waals surface area contributed by atoms with Crippen LogP contribution in [0.4, 0.5) is 0 Å². The summed E-state index contributed by atoms with van der Waals surface area (Å²) in [6.07, 6.45) is 2.92. The van der Waals surface area contributed by atoms with Gasteiger partial charge >= 0.3 is 5.97 Å². The Balaban J connectivity index is 2.07. The highest BCUT2D eigenvalue weighted by Crippen LogP contribution is 2.11. The lowest BCUT2D eigenvalue weighted by Gasteiger charge is -2.03. The first kappa shape index (κ1) is 22.0. The van der Waals surface area contributed by atoms with Crippen LogP contribution in [0.1, 0.15) is 22.8 Å². The smallest absolute Gasteiger partial charge is 0.333 e. The number of Topliss-reactive ketones (excluding diaryl/α,β-unsaturated/α-hetero) is 1. The summed E-state index contributed by atoms with van der Waals surface area (Å²) in [4.78, 5) is 37.6. The first-order chi connectivity index (χ1) is 14.4. The Hall–Kier alpha value is -2.67. The van der Waals surface area contributed by atoms with E-state index in [1.165, 1.54) is 10.6 Å². The van der Waals surface area contributed by atoms with Gasteiger partial charge < -0.3 is 4.74 Å². The number of aromatic nitrogens is 1. The van der Waals surface area contributed by atoms with E-state index in [1.54, 1.807) is 61.5 Å². The molecule has 0 saturated heterocycles. The van der Waals surface area contributed by atoms with E-state index < -0.39 is 5.97 Å². The molecule has 3 rings (SSSR count). The predicted octanol–water partition coefficient (Wildman–Crippen LogP) is 3.27. The molecular formula is C22H17Cl2NO4S. The van der Waals surface area contributed by atoms with E-state index >= 15 is 0 Å². The molecule has 0 amide bonds. The third kappa shape index (κ3) is 5.48. The summed E-state index contributed by atoms with van der Waals surface area (Å²) >= 11 is 12.9. The third-order valence-electron chi connectivity index (χ3n) is 4.10. The third-order valence-corrected chi connectivity index (χ3v) is 5.66. The van der Waals surface area contributed by atoms with Crippen LogP contribution in [0.3, 0.4) is 0 Å². The van der Waals surface area contributed by atoms with Crippen molar-refractivity contribution in [1.82, 2.24) is 4.57 Å². The first-order valence-electron chi connectivity index (χ1n) is 9.01. The molecule has 0 bridgehead atoms. The molecule has 0 aliphatic carbocycles. The lowest BCUT2D eigenvalue weighted by Crippen LogP contribution is -2.34. The number of halogens is 2. The Labute approximate surface area is 186 Å². The van der Waals surface area contributed by atoms with Crippen LogP contribution in [0.25, 0.3) is 12.2 Å². The molecule has 30 heavy (non-hydrogen) atoms. The number of ether oxygens (including phenoxy) is 1. The van der Waals surface area contributed by atoms with Crippen molar-refractivity contribution in [2.24, 2.45) is 0 Å². The Bertz CT molecular complexity index is 1240. The van der Waals surface area contributed by atoms with E-state index in [0.717, 1.165) is 16.9 Å². The van der Waals surface area contributed by atoms with Crippen LogP contribution >= 0.6 is 34.5 Å². The fourth-order valence-corrected chi connectivity index (χ4v) is 3.94. The van der Waals surface area contributed by atoms with Crippen molar-refractivity contribution in [3.8, 4) is 0 Å². The molecule has 8 heteroatoms. The number of nitrogens with zero attached hydrogens (tertiary/aromatic N) is 1. The van der Waals surface area contributed by atoms with Gasteiger partial charge in [-0.15, -0.1) is 11.3 Å². The monoisotopic (exact) mass is 461 g/mol. The molecule has 2 aromatic carbocycles. The number of hydrogen-bond acceptors (Lipinski definition) is 5. The van der Waals surface area contributed by atoms with Crippen LogP contribution in [0.2, 0.25) is 10.0 Å². The molecule has 0 spiro atoms. The second-order valence-corrected chi connectivity index (χ2v) is 8.15. The number of hydrogen-bond donors (Lipinski definition) is 0. The summed E-state index contributed by atoms with van der Waals surface area (Å²) in [6, 6.07) is 13.4. The Morgan fingerprint density at radius 1 is 1.03 bits per heavy atom. The highest BCUT2D eigenvalue weighted by atomic mass is 35.5. The predicted molar refractivity (Wildman–Crippen MR) is 120 cm³/mol. The molecule has 0 N–H and O–H groups in total. The van der Waals surface area contributed by atoms with Gasteiger partial charge in [0.1, 0.15) is 4.66 Å². The second-order valence-electron chi connectivity index (χ2n) is 6.22. The molecule has 0 aliphatic heterocycles. The van der Waals surface area contributed by atoms with Crippen molar-refractivity contribution in [2.45, 2.75) is 13.5 Å². The molecule has 0 radical (unpaired) electrons. The lowest BCUT2D eigenvalue weighted by atomic mass is 10.1. The van der Waals surface area contributed by atoms with Gasteiger partial charge in [-0.1, -0.05) is 35.3 Å². The molecule has 0 atom stereocenters. The maximum Gasteiger partial charge on any atom is 0.333 e. The van der Waals surface area contributed by atoms with Gasteiger partial charge in [0.25, 0.3) is 5.56 Å². The van der Waals surface area contributed by atoms with Gasteiger partial charge in [-0.2, -0.15) is 0 Å². The molecule has 3 aromatic rings. The van der Waals surface area contributed by atoms with E-state index in [1.807, 2.05) is 0 Å². The Morgan fingerprint density at radius 2 is 1.63 bits per heavy atom. The highest BCUT2D eigenvalue weighted by molar-refractivity contribution is 7.07. The molecule has 0 saturated carbocycles. The number of thiazole rings is 1. The van der Waals surface area contributed by atoms with E-state index in [9.17, 15) is 14.4 Å². The molecule has 1 aromatic heterocycles. The summed E-state index contributed by atoms with van der Waals surface area (Å²) in [5.74, 6) is -0.854. The zero-order valence-electron chi connectivity index (χ0n) is 15.9. The maximum absolute atomic E-state index is 13.0. The maximum atomic E-state index is 13.0. The number of esters is 1. The molecule has 0 fully saturated rings. The number of benzene rings is 2. The van der Waals surface area contributed by atoms with Crippen molar-refractivity contribution >= 4 is 58.4 Å². The molecule has 0 unspecified atom stereocenters. The fourth-order valence-electron chi connectivity index (χ4n) is 2.66. The average molecular weight is 462 g/mol. The SMILES string of the molecule is CCOC(=O)/C=c1\s/c(=C\c2ccc(Cl)cc2)c(=O)n1CC(=O)c1ccc(Cl)cc1. The molecule has 5 nitrogen and oxygen atoms in total. The van der Waals surface area contributed by atoms with Gasteiger partial charge in [0.2, 0.25) is 0 Å². The highest BCUT2D eigenvalue weighted by Gasteiger charge is 2.13. The number of rotatable bonds is 6. The van der Waals surface area contributed by atoms with Crippen LogP contribution < -0.4 is 14.8 Å². The quantitative estimate of drug-likeness (QED) is 0.417. The number of carbonyl (C=O) groups excluding carboxylic acids is 2. The van der Waals surface area contributed by atoms with Crippen molar-refractivity contribution < 1.29 is 14.3 Å². The van der Waals surface area contributed by atoms with Crippen LogP contribution in [-0.4, -0.2) is 22.9 Å². The van der Waals surface area contributed by atoms with Crippen LogP contribution in [-0.2, 0) is 16.1 Å². The second kappa shape index (κ2) is 9.89.